The fourth-order valence-electron chi connectivity index (χ4n) is 4.64. The average molecular weight is 423 g/mol. The molecule has 2 aromatic rings. The van der Waals surface area contributed by atoms with Crippen LogP contribution in [0.2, 0.25) is 0 Å². The number of carbonyl (C=O) groups excluding carboxylic acids is 1. The van der Waals surface area contributed by atoms with Gasteiger partial charge in [0.25, 0.3) is 5.91 Å². The maximum absolute atomic E-state index is 13.0. The molecule has 0 saturated carbocycles. The Morgan fingerprint density at radius 1 is 1.10 bits per heavy atom. The smallest absolute Gasteiger partial charge is 0.251 e. The molecular weight excluding hydrogens is 388 g/mol. The number of benzene rings is 2. The first kappa shape index (κ1) is 21.7. The molecule has 1 fully saturated rings. The van der Waals surface area contributed by atoms with E-state index in [0.717, 1.165) is 23.6 Å². The van der Waals surface area contributed by atoms with Crippen LogP contribution in [0.4, 0.5) is 0 Å². The highest BCUT2D eigenvalue weighted by Gasteiger charge is 2.35. The van der Waals surface area contributed by atoms with Gasteiger partial charge in [-0.25, -0.2) is 0 Å². The third kappa shape index (κ3) is 5.40. The third-order valence-corrected chi connectivity index (χ3v) is 6.30. The second-order valence-electron chi connectivity index (χ2n) is 9.38. The second kappa shape index (κ2) is 9.31. The van der Waals surface area contributed by atoms with Crippen molar-refractivity contribution in [2.45, 2.75) is 64.1 Å². The Labute approximate surface area is 185 Å². The number of likely N-dealkylation sites (tertiary alicyclic amines) is 1. The topological polar surface area (TPSA) is 50.8 Å². The largest absolute Gasteiger partial charge is 0.497 e. The molecule has 0 unspecified atom stereocenters. The van der Waals surface area contributed by atoms with Crippen LogP contribution in [-0.4, -0.2) is 36.6 Å². The molecule has 0 spiro atoms. The van der Waals surface area contributed by atoms with E-state index in [9.17, 15) is 4.79 Å². The molecule has 2 aromatic carbocycles. The van der Waals surface area contributed by atoms with Crippen LogP contribution in [0.5, 0.6) is 11.5 Å². The zero-order valence-electron chi connectivity index (χ0n) is 18.9. The highest BCUT2D eigenvalue weighted by atomic mass is 16.5. The van der Waals surface area contributed by atoms with E-state index in [0.29, 0.717) is 12.0 Å². The summed E-state index contributed by atoms with van der Waals surface area (Å²) in [5.41, 5.74) is 2.59. The maximum Gasteiger partial charge on any atom is 0.251 e. The molecule has 1 amide bonds. The van der Waals surface area contributed by atoms with E-state index in [2.05, 4.69) is 22.3 Å². The Balaban J connectivity index is 1.44. The van der Waals surface area contributed by atoms with Gasteiger partial charge < -0.3 is 14.8 Å². The van der Waals surface area contributed by atoms with Gasteiger partial charge in [-0.3, -0.25) is 9.69 Å². The Morgan fingerprint density at radius 3 is 2.48 bits per heavy atom. The van der Waals surface area contributed by atoms with Crippen LogP contribution in [0.25, 0.3) is 0 Å². The maximum atomic E-state index is 13.0. The van der Waals surface area contributed by atoms with Crippen molar-refractivity contribution in [3.8, 4) is 11.5 Å². The van der Waals surface area contributed by atoms with E-state index in [1.807, 2.05) is 44.2 Å². The SMILES string of the molecule is COc1ccc2c(c1)OC(C)(C)C[C@H]2NC(=O)c1ccc(CN2CCCCCC2)cc1. The number of carbonyl (C=O) groups is 1. The van der Waals surface area contributed by atoms with Crippen LogP contribution >= 0.6 is 0 Å². The van der Waals surface area contributed by atoms with Gasteiger partial charge in [0.2, 0.25) is 0 Å². The monoisotopic (exact) mass is 422 g/mol. The number of nitrogens with zero attached hydrogens (tertiary/aromatic N) is 1. The number of ether oxygens (including phenoxy) is 2. The van der Waals surface area contributed by atoms with E-state index < -0.39 is 0 Å². The number of fused-ring (bicyclic) bond motifs is 1. The van der Waals surface area contributed by atoms with Crippen LogP contribution in [0.1, 0.15) is 73.5 Å². The zero-order valence-corrected chi connectivity index (χ0v) is 18.9. The first-order chi connectivity index (χ1) is 14.9. The number of hydrogen-bond donors (Lipinski definition) is 1. The molecule has 0 aliphatic carbocycles. The van der Waals surface area contributed by atoms with Crippen molar-refractivity contribution in [3.05, 3.63) is 59.2 Å². The summed E-state index contributed by atoms with van der Waals surface area (Å²) < 4.78 is 11.5. The molecule has 4 rings (SSSR count). The Bertz CT molecular complexity index is 899. The summed E-state index contributed by atoms with van der Waals surface area (Å²) in [6.07, 6.45) is 5.97. The third-order valence-electron chi connectivity index (χ3n) is 6.30. The standard InChI is InChI=1S/C26H34N2O3/c1-26(2)17-23(22-13-12-21(30-3)16-24(22)31-26)27-25(29)20-10-8-19(9-11-20)18-28-14-6-4-5-7-15-28/h8-13,16,23H,4-7,14-15,17-18H2,1-3H3,(H,27,29)/t23-/m1/s1. The van der Waals surface area contributed by atoms with Crippen molar-refractivity contribution in [1.82, 2.24) is 10.2 Å². The van der Waals surface area contributed by atoms with Crippen molar-refractivity contribution < 1.29 is 14.3 Å². The highest BCUT2D eigenvalue weighted by molar-refractivity contribution is 5.94. The van der Waals surface area contributed by atoms with Crippen LogP contribution in [-0.2, 0) is 6.54 Å². The zero-order chi connectivity index (χ0) is 21.8. The van der Waals surface area contributed by atoms with E-state index in [-0.39, 0.29) is 17.6 Å². The van der Waals surface area contributed by atoms with Gasteiger partial charge >= 0.3 is 0 Å². The minimum absolute atomic E-state index is 0.0502. The number of hydrogen-bond acceptors (Lipinski definition) is 4. The molecule has 5 heteroatoms. The Morgan fingerprint density at radius 2 is 1.81 bits per heavy atom. The molecule has 2 aliphatic heterocycles. The number of nitrogens with one attached hydrogen (secondary N) is 1. The molecule has 2 heterocycles. The first-order valence-corrected chi connectivity index (χ1v) is 11.4. The van der Waals surface area contributed by atoms with Gasteiger partial charge in [-0.1, -0.05) is 25.0 Å². The van der Waals surface area contributed by atoms with Crippen LogP contribution < -0.4 is 14.8 Å². The van der Waals surface area contributed by atoms with Crippen molar-refractivity contribution in [1.29, 1.82) is 0 Å². The molecule has 0 radical (unpaired) electrons. The lowest BCUT2D eigenvalue weighted by Crippen LogP contribution is -2.41. The molecule has 5 nitrogen and oxygen atoms in total. The van der Waals surface area contributed by atoms with Crippen molar-refractivity contribution in [2.24, 2.45) is 0 Å². The van der Waals surface area contributed by atoms with Crippen LogP contribution in [0.15, 0.2) is 42.5 Å². The van der Waals surface area contributed by atoms with Gasteiger partial charge in [0.15, 0.2) is 0 Å². The quantitative estimate of drug-likeness (QED) is 0.728. The minimum atomic E-state index is -0.367. The van der Waals surface area contributed by atoms with Gasteiger partial charge in [0.05, 0.1) is 13.2 Å². The van der Waals surface area contributed by atoms with E-state index in [1.54, 1.807) is 7.11 Å². The molecule has 31 heavy (non-hydrogen) atoms. The predicted octanol–water partition coefficient (Wildman–Crippen LogP) is 5.10. The second-order valence-corrected chi connectivity index (χ2v) is 9.38. The van der Waals surface area contributed by atoms with Gasteiger partial charge in [-0.2, -0.15) is 0 Å². The lowest BCUT2D eigenvalue weighted by molar-refractivity contribution is 0.0617. The molecule has 2 aliphatic rings. The van der Waals surface area contributed by atoms with Crippen molar-refractivity contribution in [3.63, 3.8) is 0 Å². The fraction of sp³-hybridized carbons (Fsp3) is 0.500. The average Bonchev–Trinajstić information content (AvgIpc) is 3.01. The summed E-state index contributed by atoms with van der Waals surface area (Å²) in [6, 6.07) is 13.8. The van der Waals surface area contributed by atoms with E-state index in [4.69, 9.17) is 9.47 Å². The Hall–Kier alpha value is -2.53. The summed E-state index contributed by atoms with van der Waals surface area (Å²) in [7, 11) is 1.64. The number of amides is 1. The van der Waals surface area contributed by atoms with Gasteiger partial charge in [-0.05, 0) is 69.6 Å². The molecule has 1 atom stereocenters. The van der Waals surface area contributed by atoms with Gasteiger partial charge in [0, 0.05) is 30.2 Å². The first-order valence-electron chi connectivity index (χ1n) is 11.4. The van der Waals surface area contributed by atoms with E-state index in [1.165, 1.54) is 44.3 Å². The van der Waals surface area contributed by atoms with Gasteiger partial charge in [0.1, 0.15) is 17.1 Å². The van der Waals surface area contributed by atoms with Gasteiger partial charge in [-0.15, -0.1) is 0 Å². The fourth-order valence-corrected chi connectivity index (χ4v) is 4.64. The summed E-state index contributed by atoms with van der Waals surface area (Å²) in [5.74, 6) is 1.47. The molecule has 0 bridgehead atoms. The molecule has 0 aromatic heterocycles. The van der Waals surface area contributed by atoms with Crippen LogP contribution in [0.3, 0.4) is 0 Å². The molecule has 1 N–H and O–H groups in total. The lowest BCUT2D eigenvalue weighted by atomic mass is 9.89. The summed E-state index contributed by atoms with van der Waals surface area (Å²) in [4.78, 5) is 15.5. The van der Waals surface area contributed by atoms with Crippen LogP contribution in [0, 0.1) is 0 Å². The summed E-state index contributed by atoms with van der Waals surface area (Å²) in [5, 5.41) is 3.22. The lowest BCUT2D eigenvalue weighted by Gasteiger charge is -2.38. The van der Waals surface area contributed by atoms with Crippen molar-refractivity contribution in [2.75, 3.05) is 20.2 Å². The minimum Gasteiger partial charge on any atom is -0.497 e. The number of methoxy groups -OCH3 is 1. The molecule has 166 valence electrons. The van der Waals surface area contributed by atoms with E-state index >= 15 is 0 Å². The predicted molar refractivity (Wildman–Crippen MR) is 123 cm³/mol. The molecular formula is C26H34N2O3. The summed E-state index contributed by atoms with van der Waals surface area (Å²) >= 11 is 0. The normalized spacial score (nSPS) is 20.8. The Kier molecular flexibility index (Phi) is 6.51. The highest BCUT2D eigenvalue weighted by Crippen LogP contribution is 2.41. The molecule has 1 saturated heterocycles. The summed E-state index contributed by atoms with van der Waals surface area (Å²) in [6.45, 7) is 7.40. The van der Waals surface area contributed by atoms with Crippen molar-refractivity contribution >= 4 is 5.91 Å². The number of rotatable bonds is 5.